The molecule has 0 bridgehead atoms. The molecule has 0 aliphatic heterocycles. The number of anilines is 2. The van der Waals surface area contributed by atoms with Gasteiger partial charge < -0.3 is 5.32 Å². The molecular weight excluding hydrogens is 334 g/mol. The highest BCUT2D eigenvalue weighted by molar-refractivity contribution is 7.10. The van der Waals surface area contributed by atoms with Crippen molar-refractivity contribution in [3.8, 4) is 0 Å². The van der Waals surface area contributed by atoms with Crippen LogP contribution in [0.2, 0.25) is 5.02 Å². The first kappa shape index (κ1) is 17.6. The molecule has 0 fully saturated rings. The van der Waals surface area contributed by atoms with E-state index in [1.54, 1.807) is 25.2 Å². The highest BCUT2D eigenvalue weighted by Gasteiger charge is 2.10. The second-order valence-electron chi connectivity index (χ2n) is 5.25. The number of nitrogens with zero attached hydrogens (tertiary/aromatic N) is 3. The molecule has 1 amide bonds. The molecule has 0 spiro atoms. The van der Waals surface area contributed by atoms with Gasteiger partial charge in [0.2, 0.25) is 17.8 Å². The number of rotatable bonds is 7. The first-order chi connectivity index (χ1) is 11.0. The molecule has 2 N–H and O–H groups in total. The largest absolute Gasteiger partial charge is 0.352 e. The molecule has 0 radical (unpaired) electrons. The number of nitrogens with one attached hydrogen (secondary N) is 2. The quantitative estimate of drug-likeness (QED) is 0.793. The molecule has 8 heteroatoms. The molecule has 2 aromatic rings. The molecule has 2 rings (SSSR count). The predicted molar refractivity (Wildman–Crippen MR) is 94.2 cm³/mol. The van der Waals surface area contributed by atoms with Gasteiger partial charge in [0.25, 0.3) is 0 Å². The number of carbonyl (C=O) groups is 1. The molecule has 1 atom stereocenters. The van der Waals surface area contributed by atoms with E-state index in [-0.39, 0.29) is 17.9 Å². The SMILES string of the molecule is CCC(=O)Nc1nc(C)nc(NC(C)CCc2cc(Cl)cs2)n1. The average molecular weight is 354 g/mol. The maximum Gasteiger partial charge on any atom is 0.234 e. The van der Waals surface area contributed by atoms with Gasteiger partial charge in [-0.25, -0.2) is 0 Å². The minimum absolute atomic E-state index is 0.121. The van der Waals surface area contributed by atoms with Crippen molar-refractivity contribution in [2.45, 2.75) is 46.1 Å². The van der Waals surface area contributed by atoms with Gasteiger partial charge in [-0.3, -0.25) is 10.1 Å². The predicted octanol–water partition coefficient (Wildman–Crippen LogP) is 3.68. The van der Waals surface area contributed by atoms with Gasteiger partial charge in [-0.2, -0.15) is 15.0 Å². The molecule has 124 valence electrons. The van der Waals surface area contributed by atoms with Crippen LogP contribution in [0.4, 0.5) is 11.9 Å². The third kappa shape index (κ3) is 5.76. The first-order valence-corrected chi connectivity index (χ1v) is 8.74. The zero-order chi connectivity index (χ0) is 16.8. The smallest absolute Gasteiger partial charge is 0.234 e. The van der Waals surface area contributed by atoms with Gasteiger partial charge in [0.05, 0.1) is 5.02 Å². The van der Waals surface area contributed by atoms with Gasteiger partial charge in [0, 0.05) is 22.7 Å². The minimum atomic E-state index is -0.121. The third-order valence-electron chi connectivity index (χ3n) is 3.14. The van der Waals surface area contributed by atoms with Crippen molar-refractivity contribution in [1.29, 1.82) is 0 Å². The van der Waals surface area contributed by atoms with E-state index < -0.39 is 0 Å². The van der Waals surface area contributed by atoms with Gasteiger partial charge in [0.1, 0.15) is 5.82 Å². The van der Waals surface area contributed by atoms with Crippen LogP contribution in [-0.2, 0) is 11.2 Å². The number of thiophene rings is 1. The van der Waals surface area contributed by atoms with Crippen LogP contribution in [-0.4, -0.2) is 26.9 Å². The Morgan fingerprint density at radius 3 is 2.74 bits per heavy atom. The molecule has 0 aliphatic rings. The Morgan fingerprint density at radius 2 is 2.09 bits per heavy atom. The summed E-state index contributed by atoms with van der Waals surface area (Å²) in [6.07, 6.45) is 2.25. The fourth-order valence-electron chi connectivity index (χ4n) is 1.95. The second-order valence-corrected chi connectivity index (χ2v) is 6.68. The van der Waals surface area contributed by atoms with Gasteiger partial charge in [-0.1, -0.05) is 18.5 Å². The Balaban J connectivity index is 1.94. The second kappa shape index (κ2) is 8.21. The lowest BCUT2D eigenvalue weighted by Crippen LogP contribution is -2.20. The van der Waals surface area contributed by atoms with Crippen molar-refractivity contribution in [2.24, 2.45) is 0 Å². The summed E-state index contributed by atoms with van der Waals surface area (Å²) in [6, 6.07) is 2.18. The lowest BCUT2D eigenvalue weighted by atomic mass is 10.1. The van der Waals surface area contributed by atoms with Gasteiger partial charge in [-0.05, 0) is 32.8 Å². The summed E-state index contributed by atoms with van der Waals surface area (Å²) in [5, 5.41) is 8.63. The Kier molecular flexibility index (Phi) is 6.29. The standard InChI is InChI=1S/C15H20ClN5OS/c1-4-13(22)20-15-19-10(3)18-14(21-15)17-9(2)5-6-12-7-11(16)8-23-12/h7-9H,4-6H2,1-3H3,(H2,17,18,19,20,21,22). The summed E-state index contributed by atoms with van der Waals surface area (Å²) in [5.41, 5.74) is 0. The summed E-state index contributed by atoms with van der Waals surface area (Å²) in [7, 11) is 0. The van der Waals surface area contributed by atoms with Crippen LogP contribution in [0.1, 0.15) is 37.4 Å². The fourth-order valence-corrected chi connectivity index (χ4v) is 3.04. The maximum absolute atomic E-state index is 11.4. The molecule has 1 unspecified atom stereocenters. The summed E-state index contributed by atoms with van der Waals surface area (Å²) in [5.74, 6) is 1.19. The van der Waals surface area contributed by atoms with E-state index >= 15 is 0 Å². The van der Waals surface area contributed by atoms with Gasteiger partial charge >= 0.3 is 0 Å². The Labute approximate surface area is 144 Å². The number of hydrogen-bond donors (Lipinski definition) is 2. The molecule has 6 nitrogen and oxygen atoms in total. The van der Waals surface area contributed by atoms with E-state index in [9.17, 15) is 4.79 Å². The summed E-state index contributed by atoms with van der Waals surface area (Å²) >= 11 is 7.59. The number of halogens is 1. The topological polar surface area (TPSA) is 79.8 Å². The van der Waals surface area contributed by atoms with Crippen molar-refractivity contribution < 1.29 is 4.79 Å². The van der Waals surface area contributed by atoms with Gasteiger partial charge in [0.15, 0.2) is 0 Å². The van der Waals surface area contributed by atoms with Crippen molar-refractivity contribution in [2.75, 3.05) is 10.6 Å². The zero-order valence-electron chi connectivity index (χ0n) is 13.4. The van der Waals surface area contributed by atoms with E-state index in [2.05, 4.69) is 32.5 Å². The number of aryl methyl sites for hydroxylation is 2. The average Bonchev–Trinajstić information content (AvgIpc) is 2.90. The summed E-state index contributed by atoms with van der Waals surface area (Å²) < 4.78 is 0. The Bertz CT molecular complexity index is 676. The van der Waals surface area contributed by atoms with Crippen LogP contribution in [0.3, 0.4) is 0 Å². The number of aromatic nitrogens is 3. The van der Waals surface area contributed by atoms with Crippen LogP contribution < -0.4 is 10.6 Å². The zero-order valence-corrected chi connectivity index (χ0v) is 15.0. The lowest BCUT2D eigenvalue weighted by Gasteiger charge is -2.14. The number of hydrogen-bond acceptors (Lipinski definition) is 6. The Morgan fingerprint density at radius 1 is 1.35 bits per heavy atom. The highest BCUT2D eigenvalue weighted by Crippen LogP contribution is 2.21. The van der Waals surface area contributed by atoms with Crippen LogP contribution in [0.15, 0.2) is 11.4 Å². The summed E-state index contributed by atoms with van der Waals surface area (Å²) in [6.45, 7) is 5.62. The van der Waals surface area contributed by atoms with Crippen molar-refractivity contribution in [1.82, 2.24) is 15.0 Å². The molecule has 2 heterocycles. The first-order valence-electron chi connectivity index (χ1n) is 7.48. The van der Waals surface area contributed by atoms with Crippen molar-refractivity contribution in [3.05, 3.63) is 27.2 Å². The molecular formula is C15H20ClN5OS. The molecule has 2 aromatic heterocycles. The molecule has 0 aromatic carbocycles. The number of carbonyl (C=O) groups excluding carboxylic acids is 1. The van der Waals surface area contributed by atoms with E-state index in [4.69, 9.17) is 11.6 Å². The normalized spacial score (nSPS) is 12.0. The maximum atomic E-state index is 11.4. The van der Waals surface area contributed by atoms with Crippen LogP contribution >= 0.6 is 22.9 Å². The van der Waals surface area contributed by atoms with Crippen LogP contribution in [0, 0.1) is 6.92 Å². The highest BCUT2D eigenvalue weighted by atomic mass is 35.5. The van der Waals surface area contributed by atoms with Gasteiger partial charge in [-0.15, -0.1) is 11.3 Å². The molecule has 23 heavy (non-hydrogen) atoms. The Hall–Kier alpha value is -1.73. The third-order valence-corrected chi connectivity index (χ3v) is 4.48. The van der Waals surface area contributed by atoms with Crippen molar-refractivity contribution >= 4 is 40.7 Å². The fraction of sp³-hybridized carbons (Fsp3) is 0.467. The van der Waals surface area contributed by atoms with E-state index in [1.165, 1.54) is 4.88 Å². The van der Waals surface area contributed by atoms with E-state index in [0.29, 0.717) is 18.2 Å². The summed E-state index contributed by atoms with van der Waals surface area (Å²) in [4.78, 5) is 25.3. The number of amides is 1. The molecule has 0 saturated heterocycles. The molecule has 0 aliphatic carbocycles. The van der Waals surface area contributed by atoms with E-state index in [0.717, 1.165) is 17.9 Å². The monoisotopic (exact) mass is 353 g/mol. The lowest BCUT2D eigenvalue weighted by molar-refractivity contribution is -0.115. The minimum Gasteiger partial charge on any atom is -0.352 e. The van der Waals surface area contributed by atoms with Crippen LogP contribution in [0.25, 0.3) is 0 Å². The molecule has 0 saturated carbocycles. The van der Waals surface area contributed by atoms with E-state index in [1.807, 2.05) is 11.4 Å². The van der Waals surface area contributed by atoms with Crippen LogP contribution in [0.5, 0.6) is 0 Å². The van der Waals surface area contributed by atoms with Crippen molar-refractivity contribution in [3.63, 3.8) is 0 Å².